The molecule has 4 nitrogen and oxygen atoms in total. The molecule has 0 radical (unpaired) electrons. The van der Waals surface area contributed by atoms with E-state index in [2.05, 4.69) is 4.98 Å². The third-order valence-electron chi connectivity index (χ3n) is 2.97. The van der Waals surface area contributed by atoms with Gasteiger partial charge < -0.3 is 9.15 Å². The molecule has 0 N–H and O–H groups in total. The number of benzene rings is 1. The van der Waals surface area contributed by atoms with Crippen molar-refractivity contribution in [1.29, 1.82) is 0 Å². The highest BCUT2D eigenvalue weighted by molar-refractivity contribution is 6.05. The molecule has 3 rings (SSSR count). The Morgan fingerprint density at radius 2 is 2.25 bits per heavy atom. The summed E-state index contributed by atoms with van der Waals surface area (Å²) >= 11 is 0. The van der Waals surface area contributed by atoms with Crippen LogP contribution in [0.3, 0.4) is 0 Å². The molecule has 82 valence electrons. The number of carbonyl (C=O) groups is 1. The first-order valence-corrected chi connectivity index (χ1v) is 5.21. The Kier molecular flexibility index (Phi) is 1.80. The van der Waals surface area contributed by atoms with E-state index in [0.717, 1.165) is 23.1 Å². The van der Waals surface area contributed by atoms with Crippen molar-refractivity contribution >= 4 is 16.9 Å². The van der Waals surface area contributed by atoms with Gasteiger partial charge in [-0.1, -0.05) is 0 Å². The summed E-state index contributed by atoms with van der Waals surface area (Å²) in [5, 5.41) is 0. The van der Waals surface area contributed by atoms with Crippen molar-refractivity contribution < 1.29 is 13.9 Å². The van der Waals surface area contributed by atoms with Crippen LogP contribution < -0.4 is 4.74 Å². The Balaban J connectivity index is 2.43. The molecule has 0 spiro atoms. The van der Waals surface area contributed by atoms with E-state index in [0.29, 0.717) is 23.6 Å². The molecule has 0 aliphatic heterocycles. The van der Waals surface area contributed by atoms with Crippen molar-refractivity contribution in [2.24, 2.45) is 0 Å². The number of Topliss-reactive ketones (excluding diaryl/α,β-unsaturated/α-hetero) is 1. The average Bonchev–Trinajstić information content (AvgIpc) is 2.80. The zero-order valence-corrected chi connectivity index (χ0v) is 9.16. The molecule has 1 aliphatic carbocycles. The van der Waals surface area contributed by atoms with Gasteiger partial charge in [0.2, 0.25) is 0 Å². The third kappa shape index (κ3) is 1.10. The second kappa shape index (κ2) is 3.07. The maximum atomic E-state index is 11.7. The molecule has 16 heavy (non-hydrogen) atoms. The van der Waals surface area contributed by atoms with E-state index in [-0.39, 0.29) is 5.78 Å². The lowest BCUT2D eigenvalue weighted by Gasteiger charge is -2.03. The summed E-state index contributed by atoms with van der Waals surface area (Å²) in [6, 6.07) is 1.76. The molecule has 0 atom stereocenters. The fraction of sp³-hybridized carbons (Fsp3) is 0.333. The quantitative estimate of drug-likeness (QED) is 0.735. The van der Waals surface area contributed by atoms with Gasteiger partial charge in [-0.2, -0.15) is 0 Å². The summed E-state index contributed by atoms with van der Waals surface area (Å²) in [7, 11) is 1.57. The fourth-order valence-corrected chi connectivity index (χ4v) is 2.24. The monoisotopic (exact) mass is 217 g/mol. The number of carbonyl (C=O) groups excluding carboxylic acids is 1. The molecule has 2 aromatic rings. The predicted molar refractivity (Wildman–Crippen MR) is 57.9 cm³/mol. The number of hydrogen-bond acceptors (Lipinski definition) is 4. The number of fused-ring (bicyclic) bond motifs is 3. The van der Waals surface area contributed by atoms with Crippen molar-refractivity contribution in [3.8, 4) is 5.75 Å². The molecule has 1 aromatic heterocycles. The van der Waals surface area contributed by atoms with Crippen molar-refractivity contribution in [3.05, 3.63) is 23.1 Å². The molecule has 0 bridgehead atoms. The number of ketones is 1. The Morgan fingerprint density at radius 3 is 3.00 bits per heavy atom. The van der Waals surface area contributed by atoms with E-state index in [9.17, 15) is 4.79 Å². The van der Waals surface area contributed by atoms with Crippen molar-refractivity contribution in [3.63, 3.8) is 0 Å². The summed E-state index contributed by atoms with van der Waals surface area (Å²) in [5.74, 6) is 1.35. The van der Waals surface area contributed by atoms with E-state index >= 15 is 0 Å². The van der Waals surface area contributed by atoms with Gasteiger partial charge in [-0.3, -0.25) is 4.79 Å². The van der Waals surface area contributed by atoms with E-state index in [1.54, 1.807) is 20.1 Å². The number of aromatic nitrogens is 1. The Labute approximate surface area is 92.2 Å². The summed E-state index contributed by atoms with van der Waals surface area (Å²) in [4.78, 5) is 16.0. The molecule has 0 saturated heterocycles. The number of nitrogens with zero attached hydrogens (tertiary/aromatic N) is 1. The molecule has 1 aromatic carbocycles. The molecule has 0 unspecified atom stereocenters. The van der Waals surface area contributed by atoms with Crippen LogP contribution in [0.25, 0.3) is 11.1 Å². The molecule has 4 heteroatoms. The second-order valence-corrected chi connectivity index (χ2v) is 3.94. The van der Waals surface area contributed by atoms with Crippen LogP contribution in [0.15, 0.2) is 10.5 Å². The normalized spacial score (nSPS) is 14.5. The van der Waals surface area contributed by atoms with Crippen LogP contribution in [-0.2, 0) is 6.42 Å². The number of ether oxygens (including phenoxy) is 1. The van der Waals surface area contributed by atoms with Gasteiger partial charge in [-0.15, -0.1) is 0 Å². The van der Waals surface area contributed by atoms with E-state index in [1.165, 1.54) is 0 Å². The lowest BCUT2D eigenvalue weighted by atomic mass is 10.1. The van der Waals surface area contributed by atoms with Gasteiger partial charge in [0.05, 0.1) is 7.11 Å². The zero-order valence-electron chi connectivity index (χ0n) is 9.16. The van der Waals surface area contributed by atoms with E-state index in [4.69, 9.17) is 9.15 Å². The minimum atomic E-state index is 0.163. The highest BCUT2D eigenvalue weighted by Crippen LogP contribution is 2.36. The minimum Gasteiger partial charge on any atom is -0.493 e. The molecule has 0 amide bonds. The average molecular weight is 217 g/mol. The Morgan fingerprint density at radius 1 is 1.44 bits per heavy atom. The lowest BCUT2D eigenvalue weighted by Crippen LogP contribution is -1.94. The Hall–Kier alpha value is -1.84. The summed E-state index contributed by atoms with van der Waals surface area (Å²) in [5.41, 5.74) is 3.15. The van der Waals surface area contributed by atoms with Crippen LogP contribution in [0.4, 0.5) is 0 Å². The van der Waals surface area contributed by atoms with E-state index < -0.39 is 0 Å². The number of oxazole rings is 1. The fourth-order valence-electron chi connectivity index (χ4n) is 2.24. The number of aryl methyl sites for hydroxylation is 2. The van der Waals surface area contributed by atoms with Gasteiger partial charge in [-0.25, -0.2) is 4.98 Å². The van der Waals surface area contributed by atoms with Crippen LogP contribution in [0.5, 0.6) is 5.75 Å². The van der Waals surface area contributed by atoms with Crippen molar-refractivity contribution in [1.82, 2.24) is 4.98 Å². The van der Waals surface area contributed by atoms with Gasteiger partial charge in [0.25, 0.3) is 0 Å². The molecular formula is C12H11NO3. The molecule has 0 saturated carbocycles. The maximum Gasteiger partial charge on any atom is 0.196 e. The van der Waals surface area contributed by atoms with Crippen molar-refractivity contribution in [2.75, 3.05) is 7.11 Å². The van der Waals surface area contributed by atoms with Crippen LogP contribution in [0, 0.1) is 6.92 Å². The van der Waals surface area contributed by atoms with Crippen LogP contribution in [-0.4, -0.2) is 17.9 Å². The van der Waals surface area contributed by atoms with Gasteiger partial charge in [0.15, 0.2) is 23.0 Å². The first-order valence-electron chi connectivity index (χ1n) is 5.21. The van der Waals surface area contributed by atoms with E-state index in [1.807, 2.05) is 0 Å². The summed E-state index contributed by atoms with van der Waals surface area (Å²) in [6.07, 6.45) is 1.31. The molecular weight excluding hydrogens is 206 g/mol. The van der Waals surface area contributed by atoms with Crippen molar-refractivity contribution in [2.45, 2.75) is 19.8 Å². The van der Waals surface area contributed by atoms with Gasteiger partial charge in [-0.05, 0) is 18.1 Å². The largest absolute Gasteiger partial charge is 0.493 e. The molecule has 1 aliphatic rings. The smallest absolute Gasteiger partial charge is 0.196 e. The van der Waals surface area contributed by atoms with Gasteiger partial charge in [0.1, 0.15) is 5.52 Å². The van der Waals surface area contributed by atoms with Crippen LogP contribution >= 0.6 is 0 Å². The Bertz CT molecular complexity index is 598. The SMILES string of the molecule is COc1cc2c(c3nc(C)oc13)CCC2=O. The highest BCUT2D eigenvalue weighted by atomic mass is 16.5. The minimum absolute atomic E-state index is 0.163. The van der Waals surface area contributed by atoms with Gasteiger partial charge in [0, 0.05) is 18.9 Å². The predicted octanol–water partition coefficient (Wildman–Crippen LogP) is 2.27. The molecule has 1 heterocycles. The summed E-state index contributed by atoms with van der Waals surface area (Å²) < 4.78 is 10.7. The zero-order chi connectivity index (χ0) is 11.3. The number of methoxy groups -OCH3 is 1. The number of hydrogen-bond donors (Lipinski definition) is 0. The first-order chi connectivity index (χ1) is 7.70. The highest BCUT2D eigenvalue weighted by Gasteiger charge is 2.26. The van der Waals surface area contributed by atoms with Crippen LogP contribution in [0.1, 0.15) is 28.2 Å². The van der Waals surface area contributed by atoms with Crippen LogP contribution in [0.2, 0.25) is 0 Å². The lowest BCUT2D eigenvalue weighted by molar-refractivity contribution is 0.0994. The number of rotatable bonds is 1. The summed E-state index contributed by atoms with van der Waals surface area (Å²) in [6.45, 7) is 1.79. The maximum absolute atomic E-state index is 11.7. The van der Waals surface area contributed by atoms with Gasteiger partial charge >= 0.3 is 0 Å². The first kappa shape index (κ1) is 9.39. The topological polar surface area (TPSA) is 52.3 Å². The second-order valence-electron chi connectivity index (χ2n) is 3.94. The third-order valence-corrected chi connectivity index (χ3v) is 2.97. The molecule has 0 fully saturated rings. The standard InChI is InChI=1S/C12H11NO3/c1-6-13-11-7-3-4-9(14)8(7)5-10(15-2)12(11)16-6/h5H,3-4H2,1-2H3.